The van der Waals surface area contributed by atoms with Gasteiger partial charge in [0.05, 0.1) is 0 Å². The summed E-state index contributed by atoms with van der Waals surface area (Å²) in [6.07, 6.45) is 3.50. The fourth-order valence-electron chi connectivity index (χ4n) is 0.843. The van der Waals surface area contributed by atoms with Crippen molar-refractivity contribution >= 4 is 17.2 Å². The topological polar surface area (TPSA) is 24.9 Å². The third-order valence-electron chi connectivity index (χ3n) is 1.34. The van der Waals surface area contributed by atoms with Gasteiger partial charge in [0, 0.05) is 24.0 Å². The number of aromatic nitrogens is 1. The Morgan fingerprint density at radius 2 is 2.33 bits per heavy atom. The highest BCUT2D eigenvalue weighted by molar-refractivity contribution is 7.80. The maximum atomic E-state index is 5.15. The average molecular weight is 180 g/mol. The number of nitrogens with one attached hydrogen (secondary N) is 1. The molecule has 0 aliphatic heterocycles. The molecule has 0 radical (unpaired) electrons. The van der Waals surface area contributed by atoms with Crippen molar-refractivity contribution in [2.75, 3.05) is 0 Å². The third kappa shape index (κ3) is 2.58. The van der Waals surface area contributed by atoms with Crippen molar-refractivity contribution in [3.63, 3.8) is 0 Å². The first-order valence-electron chi connectivity index (χ1n) is 3.91. The van der Waals surface area contributed by atoms with Gasteiger partial charge in [-0.2, -0.15) is 0 Å². The molecule has 1 N–H and O–H groups in total. The molecule has 0 bridgehead atoms. The molecular formula is C9H12N2S. The van der Waals surface area contributed by atoms with E-state index >= 15 is 0 Å². The highest BCUT2D eigenvalue weighted by atomic mass is 32.1. The molecule has 0 saturated carbocycles. The van der Waals surface area contributed by atoms with Crippen molar-refractivity contribution in [1.29, 1.82) is 0 Å². The lowest BCUT2D eigenvalue weighted by atomic mass is 10.2. The van der Waals surface area contributed by atoms with Gasteiger partial charge in [0.25, 0.3) is 0 Å². The summed E-state index contributed by atoms with van der Waals surface area (Å²) >= 11 is 5.15. The quantitative estimate of drug-likeness (QED) is 0.702. The molecule has 2 nitrogen and oxygen atoms in total. The summed E-state index contributed by atoms with van der Waals surface area (Å²) in [5.74, 6) is 0. The Balaban J connectivity index is 2.66. The van der Waals surface area contributed by atoms with Crippen LogP contribution < -0.4 is 5.32 Å². The van der Waals surface area contributed by atoms with Crippen LogP contribution in [0.25, 0.3) is 0 Å². The summed E-state index contributed by atoms with van der Waals surface area (Å²) in [6.45, 7) is 4.12. The number of hydrogen-bond acceptors (Lipinski definition) is 2. The molecule has 1 aromatic rings. The highest BCUT2D eigenvalue weighted by Gasteiger charge is 2.00. The minimum Gasteiger partial charge on any atom is -0.374 e. The molecule has 0 unspecified atom stereocenters. The number of hydrogen-bond donors (Lipinski definition) is 1. The van der Waals surface area contributed by atoms with Crippen molar-refractivity contribution in [2.45, 2.75) is 19.9 Å². The average Bonchev–Trinajstić information content (AvgIpc) is 2.05. The zero-order valence-corrected chi connectivity index (χ0v) is 8.06. The van der Waals surface area contributed by atoms with E-state index in [2.05, 4.69) is 24.1 Å². The zero-order valence-electron chi connectivity index (χ0n) is 7.24. The van der Waals surface area contributed by atoms with Crippen molar-refractivity contribution in [3.8, 4) is 0 Å². The largest absolute Gasteiger partial charge is 0.374 e. The van der Waals surface area contributed by atoms with E-state index in [4.69, 9.17) is 12.2 Å². The molecule has 1 heterocycles. The van der Waals surface area contributed by atoms with Gasteiger partial charge in [-0.15, -0.1) is 0 Å². The van der Waals surface area contributed by atoms with E-state index in [0.717, 1.165) is 10.6 Å². The van der Waals surface area contributed by atoms with E-state index in [-0.39, 0.29) is 0 Å². The fraction of sp³-hybridized carbons (Fsp3) is 0.333. The molecule has 0 aromatic carbocycles. The van der Waals surface area contributed by atoms with Crippen LogP contribution in [0.4, 0.5) is 0 Å². The van der Waals surface area contributed by atoms with Gasteiger partial charge in [0.1, 0.15) is 4.99 Å². The molecule has 0 fully saturated rings. The van der Waals surface area contributed by atoms with Gasteiger partial charge >= 0.3 is 0 Å². The SMILES string of the molecule is CC(C)NC(=S)c1cccnc1. The Kier molecular flexibility index (Phi) is 3.17. The monoisotopic (exact) mass is 180 g/mol. The van der Waals surface area contributed by atoms with Crippen LogP contribution in [0.5, 0.6) is 0 Å². The minimum absolute atomic E-state index is 0.373. The third-order valence-corrected chi connectivity index (χ3v) is 1.70. The fourth-order valence-corrected chi connectivity index (χ4v) is 1.20. The second-order valence-corrected chi connectivity index (χ2v) is 3.28. The summed E-state index contributed by atoms with van der Waals surface area (Å²) < 4.78 is 0. The number of pyridine rings is 1. The molecule has 64 valence electrons. The Morgan fingerprint density at radius 3 is 2.83 bits per heavy atom. The van der Waals surface area contributed by atoms with Gasteiger partial charge in [-0.1, -0.05) is 12.2 Å². The second-order valence-electron chi connectivity index (χ2n) is 2.87. The zero-order chi connectivity index (χ0) is 8.97. The lowest BCUT2D eigenvalue weighted by Gasteiger charge is -2.10. The molecule has 1 aromatic heterocycles. The van der Waals surface area contributed by atoms with E-state index in [9.17, 15) is 0 Å². The summed E-state index contributed by atoms with van der Waals surface area (Å²) in [5.41, 5.74) is 0.973. The van der Waals surface area contributed by atoms with E-state index in [1.54, 1.807) is 12.4 Å². The molecule has 0 spiro atoms. The lowest BCUT2D eigenvalue weighted by molar-refractivity contribution is 0.740. The molecular weight excluding hydrogens is 168 g/mol. The van der Waals surface area contributed by atoms with Gasteiger partial charge in [-0.3, -0.25) is 4.98 Å². The molecule has 0 atom stereocenters. The smallest absolute Gasteiger partial charge is 0.108 e. The maximum absolute atomic E-state index is 5.15. The summed E-state index contributed by atoms with van der Waals surface area (Å²) in [7, 11) is 0. The van der Waals surface area contributed by atoms with Crippen LogP contribution in [0, 0.1) is 0 Å². The van der Waals surface area contributed by atoms with Crippen LogP contribution in [0.3, 0.4) is 0 Å². The highest BCUT2D eigenvalue weighted by Crippen LogP contribution is 1.97. The van der Waals surface area contributed by atoms with Crippen LogP contribution in [0.2, 0.25) is 0 Å². The second kappa shape index (κ2) is 4.16. The van der Waals surface area contributed by atoms with Crippen LogP contribution in [0.15, 0.2) is 24.5 Å². The lowest BCUT2D eigenvalue weighted by Crippen LogP contribution is -2.29. The Morgan fingerprint density at radius 1 is 1.58 bits per heavy atom. The van der Waals surface area contributed by atoms with Crippen LogP contribution in [-0.2, 0) is 0 Å². The summed E-state index contributed by atoms with van der Waals surface area (Å²) in [4.78, 5) is 4.75. The number of nitrogens with zero attached hydrogens (tertiary/aromatic N) is 1. The molecule has 0 amide bonds. The van der Waals surface area contributed by atoms with E-state index in [0.29, 0.717) is 6.04 Å². The summed E-state index contributed by atoms with van der Waals surface area (Å²) in [6, 6.07) is 4.20. The normalized spacial score (nSPS) is 9.92. The van der Waals surface area contributed by atoms with E-state index < -0.39 is 0 Å². The predicted octanol–water partition coefficient (Wildman–Crippen LogP) is 1.76. The Labute approximate surface area is 78.0 Å². The maximum Gasteiger partial charge on any atom is 0.108 e. The van der Waals surface area contributed by atoms with E-state index in [1.165, 1.54) is 0 Å². The van der Waals surface area contributed by atoms with Gasteiger partial charge in [0.15, 0.2) is 0 Å². The number of thiocarbonyl (C=S) groups is 1. The standard InChI is InChI=1S/C9H12N2S/c1-7(2)11-9(12)8-4-3-5-10-6-8/h3-7H,1-2H3,(H,11,12). The van der Waals surface area contributed by atoms with Crippen LogP contribution >= 0.6 is 12.2 Å². The first-order valence-corrected chi connectivity index (χ1v) is 4.32. The first-order chi connectivity index (χ1) is 5.70. The predicted molar refractivity (Wildman–Crippen MR) is 54.2 cm³/mol. The van der Waals surface area contributed by atoms with Gasteiger partial charge in [0.2, 0.25) is 0 Å². The minimum atomic E-state index is 0.373. The summed E-state index contributed by atoms with van der Waals surface area (Å²) in [5, 5.41) is 3.15. The van der Waals surface area contributed by atoms with E-state index in [1.807, 2.05) is 12.1 Å². The molecule has 12 heavy (non-hydrogen) atoms. The molecule has 0 aliphatic carbocycles. The van der Waals surface area contributed by atoms with Crippen molar-refractivity contribution < 1.29 is 0 Å². The molecule has 0 aliphatic rings. The van der Waals surface area contributed by atoms with Gasteiger partial charge in [-0.05, 0) is 26.0 Å². The van der Waals surface area contributed by atoms with Crippen molar-refractivity contribution in [2.24, 2.45) is 0 Å². The van der Waals surface area contributed by atoms with Crippen molar-refractivity contribution in [1.82, 2.24) is 10.3 Å². The van der Waals surface area contributed by atoms with Gasteiger partial charge < -0.3 is 5.32 Å². The Bertz CT molecular complexity index is 256. The molecule has 0 saturated heterocycles. The van der Waals surface area contributed by atoms with Crippen LogP contribution in [-0.4, -0.2) is 16.0 Å². The number of rotatable bonds is 2. The molecule has 1 rings (SSSR count). The first kappa shape index (κ1) is 9.13. The van der Waals surface area contributed by atoms with Crippen LogP contribution in [0.1, 0.15) is 19.4 Å². The van der Waals surface area contributed by atoms with Crippen molar-refractivity contribution in [3.05, 3.63) is 30.1 Å². The molecule has 3 heteroatoms. The van der Waals surface area contributed by atoms with Gasteiger partial charge in [-0.25, -0.2) is 0 Å². The Hall–Kier alpha value is -0.960.